The Morgan fingerprint density at radius 1 is 1.29 bits per heavy atom. The second kappa shape index (κ2) is 5.81. The fourth-order valence-corrected chi connectivity index (χ4v) is 2.36. The molecule has 1 aromatic carbocycles. The highest BCUT2D eigenvalue weighted by atomic mass is 19.1. The van der Waals surface area contributed by atoms with Crippen molar-refractivity contribution >= 4 is 0 Å². The predicted molar refractivity (Wildman–Crippen MR) is 74.1 cm³/mol. The fourth-order valence-electron chi connectivity index (χ4n) is 2.36. The molecule has 0 fully saturated rings. The Hall–Kier alpha value is -1.95. The van der Waals surface area contributed by atoms with E-state index in [1.165, 1.54) is 20.2 Å². The maximum Gasteiger partial charge on any atom is 0.163 e. The van der Waals surface area contributed by atoms with Gasteiger partial charge in [0.15, 0.2) is 5.75 Å². The lowest BCUT2D eigenvalue weighted by molar-refractivity contribution is 0.0874. The predicted octanol–water partition coefficient (Wildman–Crippen LogP) is 2.84. The molecule has 0 aliphatic heterocycles. The lowest BCUT2D eigenvalue weighted by Gasteiger charge is -2.26. The van der Waals surface area contributed by atoms with Crippen molar-refractivity contribution in [1.82, 2.24) is 9.78 Å². The van der Waals surface area contributed by atoms with Gasteiger partial charge in [-0.3, -0.25) is 4.68 Å². The molecule has 0 saturated heterocycles. The molecule has 1 N–H and O–H groups in total. The topological polar surface area (TPSA) is 47.3 Å². The molecule has 21 heavy (non-hydrogen) atoms. The van der Waals surface area contributed by atoms with Gasteiger partial charge in [-0.1, -0.05) is 6.92 Å². The first-order valence-corrected chi connectivity index (χ1v) is 6.69. The zero-order valence-corrected chi connectivity index (χ0v) is 12.2. The minimum atomic E-state index is -1.63. The first-order chi connectivity index (χ1) is 9.90. The number of benzene rings is 1. The van der Waals surface area contributed by atoms with E-state index in [9.17, 15) is 13.9 Å². The van der Waals surface area contributed by atoms with Gasteiger partial charge in [0.1, 0.15) is 22.9 Å². The minimum Gasteiger partial charge on any atom is -0.493 e. The Labute approximate surface area is 122 Å². The third-order valence-electron chi connectivity index (χ3n) is 3.35. The molecule has 2 rings (SSSR count). The number of aryl methyl sites for hydroxylation is 1. The second-order valence-electron chi connectivity index (χ2n) is 5.02. The minimum absolute atomic E-state index is 0.108. The third kappa shape index (κ3) is 2.90. The third-order valence-corrected chi connectivity index (χ3v) is 3.35. The summed E-state index contributed by atoms with van der Waals surface area (Å²) in [4.78, 5) is 0. The number of halogens is 2. The van der Waals surface area contributed by atoms with Crippen LogP contribution in [-0.4, -0.2) is 22.0 Å². The Morgan fingerprint density at radius 2 is 1.90 bits per heavy atom. The van der Waals surface area contributed by atoms with E-state index in [0.717, 1.165) is 24.6 Å². The quantitative estimate of drug-likeness (QED) is 0.923. The summed E-state index contributed by atoms with van der Waals surface area (Å²) in [7, 11) is 1.46. The van der Waals surface area contributed by atoms with E-state index >= 15 is 0 Å². The molecule has 1 aromatic heterocycles. The van der Waals surface area contributed by atoms with Crippen LogP contribution >= 0.6 is 0 Å². The summed E-state index contributed by atoms with van der Waals surface area (Å²) in [6.45, 7) is 3.99. The van der Waals surface area contributed by atoms with Gasteiger partial charge in [-0.05, 0) is 31.0 Å². The molecule has 2 aromatic rings. The summed E-state index contributed by atoms with van der Waals surface area (Å²) in [5.74, 6) is -1.12. The largest absolute Gasteiger partial charge is 0.493 e. The molecular weight excluding hydrogens is 278 g/mol. The van der Waals surface area contributed by atoms with Gasteiger partial charge < -0.3 is 9.84 Å². The molecule has 4 nitrogen and oxygen atoms in total. The maximum absolute atomic E-state index is 13.4. The normalized spacial score (nSPS) is 14.0. The molecule has 6 heteroatoms. The fraction of sp³-hybridized carbons (Fsp3) is 0.400. The van der Waals surface area contributed by atoms with Crippen molar-refractivity contribution in [2.45, 2.75) is 32.4 Å². The van der Waals surface area contributed by atoms with Gasteiger partial charge >= 0.3 is 0 Å². The Kier molecular flexibility index (Phi) is 4.27. The van der Waals surface area contributed by atoms with Crippen molar-refractivity contribution in [3.05, 3.63) is 47.3 Å². The molecule has 0 spiro atoms. The monoisotopic (exact) mass is 296 g/mol. The summed E-state index contributed by atoms with van der Waals surface area (Å²) < 4.78 is 33.6. The van der Waals surface area contributed by atoms with Gasteiger partial charge in [-0.15, -0.1) is 0 Å². The Bertz CT molecular complexity index is 618. The number of aromatic nitrogens is 2. The number of rotatable bonds is 5. The number of hydrogen-bond acceptors (Lipinski definition) is 3. The van der Waals surface area contributed by atoms with E-state index in [1.54, 1.807) is 4.68 Å². The molecule has 0 saturated carbocycles. The smallest absolute Gasteiger partial charge is 0.163 e. The standard InChI is InChI=1S/C15H18F2N2O2/c1-4-5-19-14(13(21-3)9-18-19)15(2,20)10-6-11(16)8-12(17)7-10/h6-9,20H,4-5H2,1-3H3. The number of hydrogen-bond donors (Lipinski definition) is 1. The zero-order valence-electron chi connectivity index (χ0n) is 12.2. The molecular formula is C15H18F2N2O2. The highest BCUT2D eigenvalue weighted by Crippen LogP contribution is 2.36. The molecule has 1 atom stereocenters. The summed E-state index contributed by atoms with van der Waals surface area (Å²) in [6, 6.07) is 2.97. The molecule has 114 valence electrons. The lowest BCUT2D eigenvalue weighted by Crippen LogP contribution is -2.28. The average molecular weight is 296 g/mol. The van der Waals surface area contributed by atoms with E-state index in [2.05, 4.69) is 5.10 Å². The van der Waals surface area contributed by atoms with Gasteiger partial charge in [0.2, 0.25) is 0 Å². The van der Waals surface area contributed by atoms with Crippen LogP contribution in [0.25, 0.3) is 0 Å². The number of ether oxygens (including phenoxy) is 1. The van der Waals surface area contributed by atoms with Crippen molar-refractivity contribution in [2.24, 2.45) is 0 Å². The summed E-state index contributed by atoms with van der Waals surface area (Å²) in [5, 5.41) is 15.0. The van der Waals surface area contributed by atoms with Crippen LogP contribution in [-0.2, 0) is 12.1 Å². The number of methoxy groups -OCH3 is 1. The van der Waals surface area contributed by atoms with E-state index in [1.807, 2.05) is 6.92 Å². The van der Waals surface area contributed by atoms with Crippen LogP contribution in [0, 0.1) is 11.6 Å². The number of nitrogens with zero attached hydrogens (tertiary/aromatic N) is 2. The average Bonchev–Trinajstić information content (AvgIpc) is 2.81. The zero-order chi connectivity index (χ0) is 15.6. The van der Waals surface area contributed by atoms with Crippen molar-refractivity contribution < 1.29 is 18.6 Å². The van der Waals surface area contributed by atoms with Crippen molar-refractivity contribution in [3.63, 3.8) is 0 Å². The van der Waals surface area contributed by atoms with Crippen LogP contribution in [0.4, 0.5) is 8.78 Å². The Balaban J connectivity index is 2.59. The maximum atomic E-state index is 13.4. The van der Waals surface area contributed by atoms with E-state index in [0.29, 0.717) is 18.0 Å². The lowest BCUT2D eigenvalue weighted by atomic mass is 9.91. The van der Waals surface area contributed by atoms with Crippen molar-refractivity contribution in [2.75, 3.05) is 7.11 Å². The van der Waals surface area contributed by atoms with Crippen LogP contribution in [0.2, 0.25) is 0 Å². The summed E-state index contributed by atoms with van der Waals surface area (Å²) >= 11 is 0. The molecule has 0 aliphatic rings. The van der Waals surface area contributed by atoms with Gasteiger partial charge in [0.25, 0.3) is 0 Å². The summed E-state index contributed by atoms with van der Waals surface area (Å²) in [6.07, 6.45) is 2.28. The SMILES string of the molecule is CCCn1ncc(OC)c1C(C)(O)c1cc(F)cc(F)c1. The first-order valence-electron chi connectivity index (χ1n) is 6.69. The first kappa shape index (κ1) is 15.4. The molecule has 0 radical (unpaired) electrons. The molecule has 0 amide bonds. The Morgan fingerprint density at radius 3 is 2.43 bits per heavy atom. The van der Waals surface area contributed by atoms with Crippen LogP contribution in [0.1, 0.15) is 31.5 Å². The highest BCUT2D eigenvalue weighted by Gasteiger charge is 2.34. The van der Waals surface area contributed by atoms with Crippen LogP contribution in [0.15, 0.2) is 24.4 Å². The van der Waals surface area contributed by atoms with Gasteiger partial charge in [0.05, 0.1) is 13.3 Å². The van der Waals surface area contributed by atoms with E-state index < -0.39 is 17.2 Å². The van der Waals surface area contributed by atoms with Crippen molar-refractivity contribution in [1.29, 1.82) is 0 Å². The second-order valence-corrected chi connectivity index (χ2v) is 5.02. The van der Waals surface area contributed by atoms with Gasteiger partial charge in [-0.2, -0.15) is 5.10 Å². The number of aliphatic hydroxyl groups is 1. The van der Waals surface area contributed by atoms with E-state index in [-0.39, 0.29) is 5.56 Å². The van der Waals surface area contributed by atoms with Gasteiger partial charge in [-0.25, -0.2) is 8.78 Å². The van der Waals surface area contributed by atoms with Crippen molar-refractivity contribution in [3.8, 4) is 5.75 Å². The van der Waals surface area contributed by atoms with E-state index in [4.69, 9.17) is 4.74 Å². The van der Waals surface area contributed by atoms with Crippen LogP contribution < -0.4 is 4.74 Å². The molecule has 0 aliphatic carbocycles. The molecule has 1 unspecified atom stereocenters. The molecule has 1 heterocycles. The summed E-state index contributed by atoms with van der Waals surface area (Å²) in [5.41, 5.74) is -1.15. The highest BCUT2D eigenvalue weighted by molar-refractivity contribution is 5.39. The van der Waals surface area contributed by atoms with Gasteiger partial charge in [0, 0.05) is 12.6 Å². The molecule has 0 bridgehead atoms. The van der Waals surface area contributed by atoms with Crippen LogP contribution in [0.5, 0.6) is 5.75 Å². The van der Waals surface area contributed by atoms with Crippen LogP contribution in [0.3, 0.4) is 0 Å².